The van der Waals surface area contributed by atoms with Gasteiger partial charge in [0.25, 0.3) is 0 Å². The summed E-state index contributed by atoms with van der Waals surface area (Å²) in [5.41, 5.74) is 2.44. The molecular formula is C13H16O2. The quantitative estimate of drug-likeness (QED) is 0.556. The summed E-state index contributed by atoms with van der Waals surface area (Å²) in [6.07, 6.45) is 4.06. The Kier molecular flexibility index (Phi) is 4.61. The first-order valence-corrected chi connectivity index (χ1v) is 5.11. The third kappa shape index (κ3) is 4.45. The molecule has 0 fully saturated rings. The van der Waals surface area contributed by atoms with Crippen molar-refractivity contribution in [2.24, 2.45) is 0 Å². The highest BCUT2D eigenvalue weighted by Crippen LogP contribution is 2.04. The highest BCUT2D eigenvalue weighted by Gasteiger charge is 1.93. The van der Waals surface area contributed by atoms with E-state index in [2.05, 4.69) is 31.2 Å². The van der Waals surface area contributed by atoms with Crippen molar-refractivity contribution in [2.75, 3.05) is 6.61 Å². The molecule has 0 N–H and O–H groups in total. The monoisotopic (exact) mass is 204 g/mol. The summed E-state index contributed by atoms with van der Waals surface area (Å²) in [5, 5.41) is 0. The maximum atomic E-state index is 11.0. The second kappa shape index (κ2) is 6.02. The van der Waals surface area contributed by atoms with Crippen LogP contribution in [0.4, 0.5) is 0 Å². The Labute approximate surface area is 90.6 Å². The summed E-state index contributed by atoms with van der Waals surface area (Å²) in [7, 11) is 0. The van der Waals surface area contributed by atoms with Gasteiger partial charge in [-0.25, -0.2) is 4.79 Å². The summed E-state index contributed by atoms with van der Waals surface area (Å²) in [5.74, 6) is -0.274. The molecule has 0 spiro atoms. The number of carbonyl (C=O) groups excluding carboxylic acids is 1. The normalized spacial score (nSPS) is 10.5. The van der Waals surface area contributed by atoms with Gasteiger partial charge in [-0.15, -0.1) is 0 Å². The fourth-order valence-electron chi connectivity index (χ4n) is 1.21. The standard InChI is InChI=1S/C13H16O2/c1-3-15-13(14)6-4-5-12-9-7-11(2)8-10-12/h4,6-10H,3,5H2,1-2H3. The van der Waals surface area contributed by atoms with Gasteiger partial charge >= 0.3 is 5.97 Å². The fraction of sp³-hybridized carbons (Fsp3) is 0.308. The SMILES string of the molecule is CCOC(=O)C=CCc1ccc(C)cc1. The van der Waals surface area contributed by atoms with Crippen molar-refractivity contribution in [2.45, 2.75) is 20.3 Å². The number of rotatable bonds is 4. The number of esters is 1. The Morgan fingerprint density at radius 2 is 2.00 bits per heavy atom. The lowest BCUT2D eigenvalue weighted by Crippen LogP contribution is -1.99. The molecule has 0 radical (unpaired) electrons. The molecule has 0 heterocycles. The Bertz CT molecular complexity index is 336. The van der Waals surface area contributed by atoms with E-state index in [4.69, 9.17) is 4.74 Å². The molecule has 1 rings (SSSR count). The molecule has 0 saturated heterocycles. The average Bonchev–Trinajstić information content (AvgIpc) is 2.21. The molecule has 0 unspecified atom stereocenters. The fourth-order valence-corrected chi connectivity index (χ4v) is 1.21. The van der Waals surface area contributed by atoms with E-state index >= 15 is 0 Å². The van der Waals surface area contributed by atoms with Crippen molar-refractivity contribution >= 4 is 5.97 Å². The molecule has 0 aliphatic heterocycles. The van der Waals surface area contributed by atoms with Crippen LogP contribution in [0.5, 0.6) is 0 Å². The van der Waals surface area contributed by atoms with Gasteiger partial charge < -0.3 is 4.74 Å². The van der Waals surface area contributed by atoms with Crippen molar-refractivity contribution in [3.63, 3.8) is 0 Å². The largest absolute Gasteiger partial charge is 0.463 e. The van der Waals surface area contributed by atoms with Crippen LogP contribution in [0.25, 0.3) is 0 Å². The number of ether oxygens (including phenoxy) is 1. The van der Waals surface area contributed by atoms with Crippen LogP contribution in [0.15, 0.2) is 36.4 Å². The second-order valence-corrected chi connectivity index (χ2v) is 3.34. The van der Waals surface area contributed by atoms with Crippen LogP contribution in [0.2, 0.25) is 0 Å². The van der Waals surface area contributed by atoms with Gasteiger partial charge in [0.15, 0.2) is 0 Å². The van der Waals surface area contributed by atoms with Gasteiger partial charge in [-0.1, -0.05) is 35.9 Å². The van der Waals surface area contributed by atoms with Crippen LogP contribution in [0, 0.1) is 6.92 Å². The summed E-state index contributed by atoms with van der Waals surface area (Å²) in [6, 6.07) is 8.25. The summed E-state index contributed by atoms with van der Waals surface area (Å²) >= 11 is 0. The zero-order valence-corrected chi connectivity index (χ0v) is 9.19. The van der Waals surface area contributed by atoms with Crippen LogP contribution in [0.1, 0.15) is 18.1 Å². The van der Waals surface area contributed by atoms with Gasteiger partial charge in [0.1, 0.15) is 0 Å². The molecule has 1 aromatic rings. The first kappa shape index (κ1) is 11.5. The Morgan fingerprint density at radius 1 is 1.33 bits per heavy atom. The third-order valence-electron chi connectivity index (χ3n) is 2.01. The molecule has 2 nitrogen and oxygen atoms in total. The molecule has 0 atom stereocenters. The molecule has 0 aliphatic carbocycles. The van der Waals surface area contributed by atoms with Crippen LogP contribution >= 0.6 is 0 Å². The van der Waals surface area contributed by atoms with Crippen molar-refractivity contribution < 1.29 is 9.53 Å². The van der Waals surface area contributed by atoms with Crippen LogP contribution < -0.4 is 0 Å². The number of hydrogen-bond donors (Lipinski definition) is 0. The van der Waals surface area contributed by atoms with Gasteiger partial charge in [0.05, 0.1) is 6.61 Å². The smallest absolute Gasteiger partial charge is 0.330 e. The number of allylic oxidation sites excluding steroid dienone is 1. The van der Waals surface area contributed by atoms with Crippen molar-refractivity contribution in [1.82, 2.24) is 0 Å². The minimum Gasteiger partial charge on any atom is -0.463 e. The van der Waals surface area contributed by atoms with Gasteiger partial charge in [-0.05, 0) is 25.8 Å². The minimum atomic E-state index is -0.274. The van der Waals surface area contributed by atoms with E-state index < -0.39 is 0 Å². The van der Waals surface area contributed by atoms with Gasteiger partial charge in [0.2, 0.25) is 0 Å². The maximum Gasteiger partial charge on any atom is 0.330 e. The van der Waals surface area contributed by atoms with E-state index in [9.17, 15) is 4.79 Å². The highest BCUT2D eigenvalue weighted by atomic mass is 16.5. The number of hydrogen-bond acceptors (Lipinski definition) is 2. The Balaban J connectivity index is 2.43. The van der Waals surface area contributed by atoms with Gasteiger partial charge in [-0.3, -0.25) is 0 Å². The average molecular weight is 204 g/mol. The van der Waals surface area contributed by atoms with E-state index in [1.807, 2.05) is 6.08 Å². The molecule has 15 heavy (non-hydrogen) atoms. The molecular weight excluding hydrogens is 188 g/mol. The molecule has 0 aliphatic rings. The van der Waals surface area contributed by atoms with Crippen molar-refractivity contribution in [1.29, 1.82) is 0 Å². The topological polar surface area (TPSA) is 26.3 Å². The third-order valence-corrected chi connectivity index (χ3v) is 2.01. The molecule has 0 bridgehead atoms. The second-order valence-electron chi connectivity index (χ2n) is 3.34. The predicted molar refractivity (Wildman–Crippen MR) is 60.7 cm³/mol. The van der Waals surface area contributed by atoms with E-state index in [1.54, 1.807) is 6.92 Å². The van der Waals surface area contributed by atoms with Crippen molar-refractivity contribution in [3.05, 3.63) is 47.5 Å². The number of aryl methyl sites for hydroxylation is 1. The first-order chi connectivity index (χ1) is 7.22. The Hall–Kier alpha value is -1.57. The summed E-state index contributed by atoms with van der Waals surface area (Å²) in [4.78, 5) is 11.0. The van der Waals surface area contributed by atoms with Gasteiger partial charge in [-0.2, -0.15) is 0 Å². The summed E-state index contributed by atoms with van der Waals surface area (Å²) in [6.45, 7) is 4.28. The molecule has 2 heteroatoms. The van der Waals surface area contributed by atoms with E-state index in [0.717, 1.165) is 6.42 Å². The maximum absolute atomic E-state index is 11.0. The zero-order valence-electron chi connectivity index (χ0n) is 9.19. The lowest BCUT2D eigenvalue weighted by molar-refractivity contribution is -0.137. The van der Waals surface area contributed by atoms with Crippen LogP contribution in [-0.4, -0.2) is 12.6 Å². The number of carbonyl (C=O) groups is 1. The highest BCUT2D eigenvalue weighted by molar-refractivity contribution is 5.81. The molecule has 1 aromatic carbocycles. The van der Waals surface area contributed by atoms with Gasteiger partial charge in [0, 0.05) is 6.08 Å². The minimum absolute atomic E-state index is 0.274. The molecule has 0 amide bonds. The van der Waals surface area contributed by atoms with E-state index in [-0.39, 0.29) is 5.97 Å². The predicted octanol–water partition coefficient (Wildman–Crippen LogP) is 2.66. The Morgan fingerprint density at radius 3 is 2.60 bits per heavy atom. The van der Waals surface area contributed by atoms with Crippen LogP contribution in [-0.2, 0) is 16.0 Å². The summed E-state index contributed by atoms with van der Waals surface area (Å²) < 4.78 is 4.77. The molecule has 0 saturated carbocycles. The van der Waals surface area contributed by atoms with Crippen LogP contribution in [0.3, 0.4) is 0 Å². The first-order valence-electron chi connectivity index (χ1n) is 5.11. The number of benzene rings is 1. The molecule has 0 aromatic heterocycles. The lowest BCUT2D eigenvalue weighted by Gasteiger charge is -1.97. The van der Waals surface area contributed by atoms with E-state index in [1.165, 1.54) is 17.2 Å². The van der Waals surface area contributed by atoms with E-state index in [0.29, 0.717) is 6.61 Å². The van der Waals surface area contributed by atoms with Crippen molar-refractivity contribution in [3.8, 4) is 0 Å². The zero-order chi connectivity index (χ0) is 11.1. The molecule has 80 valence electrons. The lowest BCUT2D eigenvalue weighted by atomic mass is 10.1.